The van der Waals surface area contributed by atoms with Gasteiger partial charge in [0.15, 0.2) is 0 Å². The van der Waals surface area contributed by atoms with Crippen LogP contribution in [0, 0.1) is 17.8 Å². The number of nitrogens with zero attached hydrogens (tertiary/aromatic N) is 5. The highest BCUT2D eigenvalue weighted by atomic mass is 16.5. The van der Waals surface area contributed by atoms with Crippen LogP contribution in [0.15, 0.2) is 30.3 Å². The number of aromatic nitrogens is 4. The van der Waals surface area contributed by atoms with Crippen molar-refractivity contribution in [1.29, 1.82) is 0 Å². The van der Waals surface area contributed by atoms with E-state index in [0.29, 0.717) is 62.5 Å². The van der Waals surface area contributed by atoms with Crippen molar-refractivity contribution < 1.29 is 14.3 Å². The quantitative estimate of drug-likeness (QED) is 0.639. The molecule has 3 unspecified atom stereocenters. The number of likely N-dealkylation sites (tertiary alicyclic amines) is 2. The molecule has 0 saturated carbocycles. The van der Waals surface area contributed by atoms with E-state index in [-0.39, 0.29) is 17.7 Å². The maximum atomic E-state index is 13.3. The monoisotopic (exact) mass is 460 g/mol. The van der Waals surface area contributed by atoms with E-state index in [9.17, 15) is 9.59 Å². The van der Waals surface area contributed by atoms with Gasteiger partial charge in [-0.15, -0.1) is 0 Å². The molecule has 6 rings (SSSR count). The van der Waals surface area contributed by atoms with Crippen molar-refractivity contribution in [2.45, 2.75) is 26.2 Å². The van der Waals surface area contributed by atoms with E-state index in [4.69, 9.17) is 4.74 Å². The zero-order chi connectivity index (χ0) is 23.2. The molecule has 0 radical (unpaired) electrons. The van der Waals surface area contributed by atoms with Crippen LogP contribution in [0.2, 0.25) is 0 Å². The Morgan fingerprint density at radius 3 is 2.59 bits per heavy atom. The fourth-order valence-electron chi connectivity index (χ4n) is 5.78. The van der Waals surface area contributed by atoms with Crippen molar-refractivity contribution in [3.63, 3.8) is 0 Å². The molecule has 4 heterocycles. The standard InChI is InChI=1S/C25H28N6O3/c1-2-34-23-10-22(26-19-6-4-3-5-18(19)23)25(33)31-13-16-11-30(12-17(16)14-31)24(32)15-7-8-20-21(9-15)28-29-27-20/h3-6,10,15-17H,2,7-9,11-14H2,1H3,(H,27,28,29). The summed E-state index contributed by atoms with van der Waals surface area (Å²) in [5, 5.41) is 12.0. The van der Waals surface area contributed by atoms with E-state index in [1.54, 1.807) is 6.07 Å². The lowest BCUT2D eigenvalue weighted by Gasteiger charge is -2.27. The molecule has 2 amide bonds. The van der Waals surface area contributed by atoms with Gasteiger partial charge in [0.2, 0.25) is 5.91 Å². The summed E-state index contributed by atoms with van der Waals surface area (Å²) in [5.41, 5.74) is 3.10. The van der Waals surface area contributed by atoms with E-state index in [2.05, 4.69) is 20.4 Å². The Hall–Kier alpha value is -3.49. The smallest absolute Gasteiger partial charge is 0.272 e. The predicted octanol–water partition coefficient (Wildman–Crippen LogP) is 2.09. The second kappa shape index (κ2) is 8.38. The summed E-state index contributed by atoms with van der Waals surface area (Å²) in [6.45, 7) is 5.20. The lowest BCUT2D eigenvalue weighted by Crippen LogP contribution is -2.40. The molecule has 9 nitrogen and oxygen atoms in total. The van der Waals surface area contributed by atoms with Crippen LogP contribution in [0.25, 0.3) is 10.9 Å². The van der Waals surface area contributed by atoms with Gasteiger partial charge in [0.05, 0.1) is 23.5 Å². The van der Waals surface area contributed by atoms with Gasteiger partial charge in [-0.3, -0.25) is 9.59 Å². The summed E-state index contributed by atoms with van der Waals surface area (Å²) in [4.78, 5) is 35.1. The number of pyridine rings is 1. The number of ether oxygens (including phenoxy) is 1. The third-order valence-electron chi connectivity index (χ3n) is 7.50. The summed E-state index contributed by atoms with van der Waals surface area (Å²) >= 11 is 0. The van der Waals surface area contributed by atoms with Crippen molar-refractivity contribution in [1.82, 2.24) is 30.2 Å². The Balaban J connectivity index is 1.13. The Kier molecular flexibility index (Phi) is 5.19. The molecule has 2 aromatic heterocycles. The predicted molar refractivity (Wildman–Crippen MR) is 124 cm³/mol. The van der Waals surface area contributed by atoms with Gasteiger partial charge < -0.3 is 14.5 Å². The number of para-hydroxylation sites is 1. The van der Waals surface area contributed by atoms with Crippen molar-refractivity contribution in [3.05, 3.63) is 47.4 Å². The molecule has 2 aliphatic heterocycles. The number of amides is 2. The first kappa shape index (κ1) is 21.1. The number of fused-ring (bicyclic) bond motifs is 3. The molecule has 0 bridgehead atoms. The second-order valence-electron chi connectivity index (χ2n) is 9.59. The molecule has 1 aromatic carbocycles. The summed E-state index contributed by atoms with van der Waals surface area (Å²) in [5.74, 6) is 1.45. The van der Waals surface area contributed by atoms with E-state index in [1.165, 1.54) is 0 Å². The summed E-state index contributed by atoms with van der Waals surface area (Å²) in [7, 11) is 0. The van der Waals surface area contributed by atoms with Crippen LogP contribution in [-0.4, -0.2) is 74.8 Å². The lowest BCUT2D eigenvalue weighted by atomic mass is 9.89. The summed E-state index contributed by atoms with van der Waals surface area (Å²) < 4.78 is 5.80. The normalized spacial score (nSPS) is 23.7. The first-order valence-corrected chi connectivity index (χ1v) is 12.1. The average Bonchev–Trinajstić information content (AvgIpc) is 3.57. The van der Waals surface area contributed by atoms with Crippen LogP contribution in [0.1, 0.15) is 35.2 Å². The number of H-pyrrole nitrogens is 1. The molecular weight excluding hydrogens is 432 g/mol. The van der Waals surface area contributed by atoms with Crippen LogP contribution in [-0.2, 0) is 17.6 Å². The fourth-order valence-corrected chi connectivity index (χ4v) is 5.78. The van der Waals surface area contributed by atoms with E-state index < -0.39 is 0 Å². The highest BCUT2D eigenvalue weighted by molar-refractivity contribution is 5.97. The van der Waals surface area contributed by atoms with Gasteiger partial charge in [-0.1, -0.05) is 12.1 Å². The van der Waals surface area contributed by atoms with Crippen LogP contribution >= 0.6 is 0 Å². The number of carbonyl (C=O) groups excluding carboxylic acids is 2. The number of benzene rings is 1. The molecule has 176 valence electrons. The molecule has 3 aliphatic rings. The second-order valence-corrected chi connectivity index (χ2v) is 9.59. The van der Waals surface area contributed by atoms with Gasteiger partial charge in [0.25, 0.3) is 5.91 Å². The van der Waals surface area contributed by atoms with E-state index in [1.807, 2.05) is 41.0 Å². The molecule has 1 aliphatic carbocycles. The Bertz CT molecular complexity index is 1240. The minimum Gasteiger partial charge on any atom is -0.493 e. The largest absolute Gasteiger partial charge is 0.493 e. The van der Waals surface area contributed by atoms with Gasteiger partial charge in [-0.05, 0) is 31.9 Å². The Morgan fingerprint density at radius 1 is 1.06 bits per heavy atom. The zero-order valence-corrected chi connectivity index (χ0v) is 19.2. The SMILES string of the molecule is CCOc1cc(C(=O)N2CC3CN(C(=O)C4CCc5n[nH]nc5C4)CC3C2)nc2ccccc12. The van der Waals surface area contributed by atoms with E-state index in [0.717, 1.165) is 35.1 Å². The van der Waals surface area contributed by atoms with Gasteiger partial charge in [-0.2, -0.15) is 15.4 Å². The van der Waals surface area contributed by atoms with Gasteiger partial charge in [0, 0.05) is 61.8 Å². The van der Waals surface area contributed by atoms with E-state index >= 15 is 0 Å². The van der Waals surface area contributed by atoms with Crippen molar-refractivity contribution in [2.24, 2.45) is 17.8 Å². The number of aromatic amines is 1. The first-order chi connectivity index (χ1) is 16.6. The maximum Gasteiger partial charge on any atom is 0.272 e. The van der Waals surface area contributed by atoms with Gasteiger partial charge >= 0.3 is 0 Å². The number of carbonyl (C=O) groups is 2. The fraction of sp³-hybridized carbons (Fsp3) is 0.480. The Morgan fingerprint density at radius 2 is 1.79 bits per heavy atom. The summed E-state index contributed by atoms with van der Waals surface area (Å²) in [6, 6.07) is 9.49. The maximum absolute atomic E-state index is 13.3. The minimum absolute atomic E-state index is 0.0204. The zero-order valence-electron chi connectivity index (χ0n) is 19.2. The number of hydrogen-bond acceptors (Lipinski definition) is 6. The van der Waals surface area contributed by atoms with Crippen LogP contribution < -0.4 is 4.74 Å². The number of nitrogens with one attached hydrogen (secondary N) is 1. The highest BCUT2D eigenvalue weighted by Crippen LogP contribution is 2.35. The minimum atomic E-state index is -0.0650. The van der Waals surface area contributed by atoms with Crippen LogP contribution in [0.3, 0.4) is 0 Å². The number of rotatable bonds is 4. The third-order valence-corrected chi connectivity index (χ3v) is 7.50. The van der Waals surface area contributed by atoms with Crippen LogP contribution in [0.4, 0.5) is 0 Å². The molecular formula is C25H28N6O3. The average molecular weight is 461 g/mol. The summed E-state index contributed by atoms with van der Waals surface area (Å²) in [6.07, 6.45) is 2.29. The number of hydrogen-bond donors (Lipinski definition) is 1. The van der Waals surface area contributed by atoms with Gasteiger partial charge in [-0.25, -0.2) is 4.98 Å². The van der Waals surface area contributed by atoms with Gasteiger partial charge in [0.1, 0.15) is 11.4 Å². The molecule has 34 heavy (non-hydrogen) atoms. The molecule has 2 saturated heterocycles. The third kappa shape index (κ3) is 3.59. The molecule has 3 atom stereocenters. The molecule has 9 heteroatoms. The van der Waals surface area contributed by atoms with Crippen molar-refractivity contribution in [3.8, 4) is 5.75 Å². The molecule has 3 aromatic rings. The van der Waals surface area contributed by atoms with Crippen molar-refractivity contribution >= 4 is 22.7 Å². The number of aryl methyl sites for hydroxylation is 1. The lowest BCUT2D eigenvalue weighted by molar-refractivity contribution is -0.135. The van der Waals surface area contributed by atoms with Crippen molar-refractivity contribution in [2.75, 3.05) is 32.8 Å². The molecule has 2 fully saturated rings. The first-order valence-electron chi connectivity index (χ1n) is 12.1. The topological polar surface area (TPSA) is 104 Å². The van der Waals surface area contributed by atoms with Crippen LogP contribution in [0.5, 0.6) is 5.75 Å². The Labute approximate surface area is 197 Å². The molecule has 0 spiro atoms. The molecule has 1 N–H and O–H groups in total. The highest BCUT2D eigenvalue weighted by Gasteiger charge is 2.44.